The number of amides is 3. The van der Waals surface area contributed by atoms with E-state index < -0.39 is 6.03 Å². The van der Waals surface area contributed by atoms with Crippen molar-refractivity contribution in [3.8, 4) is 0 Å². The molecular formula is C21H31FN4O2. The zero-order valence-electron chi connectivity index (χ0n) is 16.8. The average Bonchev–Trinajstić information content (AvgIpc) is 3.06. The van der Waals surface area contributed by atoms with Gasteiger partial charge in [-0.25, -0.2) is 9.18 Å². The normalized spacial score (nSPS) is 18.8. The van der Waals surface area contributed by atoms with E-state index in [9.17, 15) is 14.0 Å². The minimum atomic E-state index is -0.396. The van der Waals surface area contributed by atoms with Crippen molar-refractivity contribution in [2.75, 3.05) is 30.4 Å². The van der Waals surface area contributed by atoms with Gasteiger partial charge in [-0.05, 0) is 44.4 Å². The van der Waals surface area contributed by atoms with Crippen LogP contribution < -0.4 is 15.5 Å². The Labute approximate surface area is 166 Å². The van der Waals surface area contributed by atoms with Crippen LogP contribution >= 0.6 is 0 Å². The molecule has 0 bridgehead atoms. The number of anilines is 2. The first-order chi connectivity index (χ1) is 13.4. The molecule has 7 heteroatoms. The van der Waals surface area contributed by atoms with E-state index in [0.29, 0.717) is 30.4 Å². The zero-order chi connectivity index (χ0) is 20.1. The number of rotatable bonds is 6. The van der Waals surface area contributed by atoms with Crippen LogP contribution in [-0.4, -0.2) is 49.1 Å². The van der Waals surface area contributed by atoms with Gasteiger partial charge in [0.25, 0.3) is 0 Å². The number of hydrogen-bond donors (Lipinski definition) is 2. The molecule has 154 valence electrons. The number of benzene rings is 1. The molecule has 1 heterocycles. The van der Waals surface area contributed by atoms with Gasteiger partial charge in [-0.1, -0.05) is 19.3 Å². The Morgan fingerprint density at radius 3 is 2.68 bits per heavy atom. The van der Waals surface area contributed by atoms with E-state index in [0.717, 1.165) is 25.8 Å². The topological polar surface area (TPSA) is 64.7 Å². The highest BCUT2D eigenvalue weighted by Gasteiger charge is 2.23. The minimum absolute atomic E-state index is 0.133. The molecule has 1 aliphatic carbocycles. The third-order valence-corrected chi connectivity index (χ3v) is 5.75. The summed E-state index contributed by atoms with van der Waals surface area (Å²) in [6, 6.07) is 4.62. The largest absolute Gasteiger partial charge is 0.369 e. The van der Waals surface area contributed by atoms with Gasteiger partial charge in [-0.15, -0.1) is 0 Å². The molecule has 1 aliphatic heterocycles. The fourth-order valence-electron chi connectivity index (χ4n) is 4.20. The monoisotopic (exact) mass is 390 g/mol. The summed E-state index contributed by atoms with van der Waals surface area (Å²) in [7, 11) is 1.94. The first-order valence-corrected chi connectivity index (χ1v) is 10.3. The van der Waals surface area contributed by atoms with Crippen LogP contribution in [0.3, 0.4) is 0 Å². The van der Waals surface area contributed by atoms with Gasteiger partial charge in [0.05, 0.1) is 5.69 Å². The molecular weight excluding hydrogens is 359 g/mol. The number of nitrogens with zero attached hydrogens (tertiary/aromatic N) is 2. The van der Waals surface area contributed by atoms with Gasteiger partial charge < -0.3 is 20.4 Å². The maximum atomic E-state index is 14.6. The summed E-state index contributed by atoms with van der Waals surface area (Å²) in [4.78, 5) is 27.7. The fourth-order valence-corrected chi connectivity index (χ4v) is 4.20. The third-order valence-electron chi connectivity index (χ3n) is 5.75. The van der Waals surface area contributed by atoms with Gasteiger partial charge in [0.2, 0.25) is 5.91 Å². The van der Waals surface area contributed by atoms with Crippen LogP contribution in [0.5, 0.6) is 0 Å². The molecule has 2 N–H and O–H groups in total. The average molecular weight is 391 g/mol. The summed E-state index contributed by atoms with van der Waals surface area (Å²) in [5.74, 6) is -0.199. The molecule has 1 atom stereocenters. The van der Waals surface area contributed by atoms with Crippen molar-refractivity contribution in [1.29, 1.82) is 0 Å². The molecule has 28 heavy (non-hydrogen) atoms. The third kappa shape index (κ3) is 5.14. The summed E-state index contributed by atoms with van der Waals surface area (Å²) in [6.07, 6.45) is 7.29. The van der Waals surface area contributed by atoms with Gasteiger partial charge >= 0.3 is 6.03 Å². The van der Waals surface area contributed by atoms with Gasteiger partial charge in [-0.2, -0.15) is 0 Å². The predicted molar refractivity (Wildman–Crippen MR) is 109 cm³/mol. The van der Waals surface area contributed by atoms with Crippen molar-refractivity contribution >= 4 is 23.3 Å². The molecule has 3 rings (SSSR count). The Morgan fingerprint density at radius 1 is 1.29 bits per heavy atom. The summed E-state index contributed by atoms with van der Waals surface area (Å²) in [6.45, 7) is 3.09. The molecule has 1 saturated carbocycles. The molecule has 6 nitrogen and oxygen atoms in total. The Kier molecular flexibility index (Phi) is 6.75. The van der Waals surface area contributed by atoms with Crippen LogP contribution in [-0.2, 0) is 4.79 Å². The summed E-state index contributed by atoms with van der Waals surface area (Å²) in [5.41, 5.74) is 0.985. The first kappa shape index (κ1) is 20.4. The molecule has 2 fully saturated rings. The fraction of sp³-hybridized carbons (Fsp3) is 0.619. The molecule has 1 aromatic rings. The highest BCUT2D eigenvalue weighted by atomic mass is 19.1. The summed E-state index contributed by atoms with van der Waals surface area (Å²) >= 11 is 0. The first-order valence-electron chi connectivity index (χ1n) is 10.3. The van der Waals surface area contributed by atoms with E-state index in [-0.39, 0.29) is 17.8 Å². The van der Waals surface area contributed by atoms with Gasteiger partial charge in [0.15, 0.2) is 0 Å². The smallest absolute Gasteiger partial charge is 0.319 e. The molecule has 2 aliphatic rings. The number of urea groups is 1. The van der Waals surface area contributed by atoms with Gasteiger partial charge in [-0.3, -0.25) is 4.79 Å². The Hall–Kier alpha value is -2.31. The van der Waals surface area contributed by atoms with Crippen LogP contribution in [0.2, 0.25) is 0 Å². The van der Waals surface area contributed by atoms with Crippen LogP contribution in [0, 0.1) is 5.82 Å². The number of carbonyl (C=O) groups is 2. The lowest BCUT2D eigenvalue weighted by Crippen LogP contribution is -2.44. The Morgan fingerprint density at radius 2 is 2.04 bits per heavy atom. The molecule has 1 aromatic carbocycles. The highest BCUT2D eigenvalue weighted by Crippen LogP contribution is 2.29. The summed E-state index contributed by atoms with van der Waals surface area (Å²) < 4.78 is 14.6. The van der Waals surface area contributed by atoms with Crippen molar-refractivity contribution in [1.82, 2.24) is 10.2 Å². The Balaban J connectivity index is 1.53. The Bertz CT molecular complexity index is 706. The second-order valence-corrected chi connectivity index (χ2v) is 8.01. The van der Waals surface area contributed by atoms with Gasteiger partial charge in [0.1, 0.15) is 5.82 Å². The van der Waals surface area contributed by atoms with Crippen LogP contribution in [0.1, 0.15) is 51.9 Å². The molecule has 0 unspecified atom stereocenters. The van der Waals surface area contributed by atoms with Crippen molar-refractivity contribution in [2.24, 2.45) is 0 Å². The standard InChI is InChI=1S/C21H31FN4O2/c1-15(14-26-12-6-9-20(26)27)23-21(28)24-16-10-11-19(18(22)13-16)25(2)17-7-4-3-5-8-17/h10-11,13,15,17H,3-9,12,14H2,1-2H3,(H2,23,24,28)/t15-/m0/s1. The number of nitrogens with one attached hydrogen (secondary N) is 2. The van der Waals surface area contributed by atoms with Crippen LogP contribution in [0.15, 0.2) is 18.2 Å². The van der Waals surface area contributed by atoms with E-state index in [1.54, 1.807) is 17.0 Å². The van der Waals surface area contributed by atoms with E-state index >= 15 is 0 Å². The predicted octanol–water partition coefficient (Wildman–Crippen LogP) is 3.73. The SMILES string of the molecule is C[C@@H](CN1CCCC1=O)NC(=O)Nc1ccc(N(C)C2CCCCC2)c(F)c1. The van der Waals surface area contributed by atoms with Crippen molar-refractivity contribution in [3.63, 3.8) is 0 Å². The zero-order valence-corrected chi connectivity index (χ0v) is 16.8. The summed E-state index contributed by atoms with van der Waals surface area (Å²) in [5, 5.41) is 5.49. The van der Waals surface area contributed by atoms with Crippen molar-refractivity contribution in [3.05, 3.63) is 24.0 Å². The maximum absolute atomic E-state index is 14.6. The van der Waals surface area contributed by atoms with Crippen molar-refractivity contribution < 1.29 is 14.0 Å². The number of halogens is 1. The van der Waals surface area contributed by atoms with E-state index in [4.69, 9.17) is 0 Å². The second-order valence-electron chi connectivity index (χ2n) is 8.01. The highest BCUT2D eigenvalue weighted by molar-refractivity contribution is 5.89. The lowest BCUT2D eigenvalue weighted by atomic mass is 9.94. The molecule has 0 spiro atoms. The molecule has 0 radical (unpaired) electrons. The quantitative estimate of drug-likeness (QED) is 0.778. The minimum Gasteiger partial charge on any atom is -0.369 e. The van der Waals surface area contributed by atoms with Gasteiger partial charge in [0, 0.05) is 44.3 Å². The molecule has 1 saturated heterocycles. The van der Waals surface area contributed by atoms with E-state index in [1.807, 2.05) is 18.9 Å². The lowest BCUT2D eigenvalue weighted by Gasteiger charge is -2.33. The molecule has 0 aromatic heterocycles. The number of hydrogen-bond acceptors (Lipinski definition) is 3. The maximum Gasteiger partial charge on any atom is 0.319 e. The van der Waals surface area contributed by atoms with E-state index in [2.05, 4.69) is 10.6 Å². The van der Waals surface area contributed by atoms with Crippen LogP contribution in [0.25, 0.3) is 0 Å². The van der Waals surface area contributed by atoms with Crippen LogP contribution in [0.4, 0.5) is 20.6 Å². The molecule has 3 amide bonds. The number of carbonyl (C=O) groups excluding carboxylic acids is 2. The van der Waals surface area contributed by atoms with E-state index in [1.165, 1.54) is 25.3 Å². The number of likely N-dealkylation sites (tertiary alicyclic amines) is 1. The second kappa shape index (κ2) is 9.26. The lowest BCUT2D eigenvalue weighted by molar-refractivity contribution is -0.127. The van der Waals surface area contributed by atoms with Crippen molar-refractivity contribution in [2.45, 2.75) is 64.0 Å².